The van der Waals surface area contributed by atoms with Crippen LogP contribution in [0.5, 0.6) is 17.2 Å². The first kappa shape index (κ1) is 15.1. The summed E-state index contributed by atoms with van der Waals surface area (Å²) in [6.07, 6.45) is 1.65. The number of aromatic nitrogens is 2. The van der Waals surface area contributed by atoms with Crippen molar-refractivity contribution in [3.63, 3.8) is 0 Å². The Bertz CT molecular complexity index is 709. The lowest BCUT2D eigenvalue weighted by molar-refractivity contribution is 0.165. The fourth-order valence-electron chi connectivity index (χ4n) is 2.31. The molecule has 0 aliphatic carbocycles. The van der Waals surface area contributed by atoms with E-state index in [0.717, 1.165) is 17.0 Å². The Kier molecular flexibility index (Phi) is 4.27. The second kappa shape index (κ2) is 6.51. The molecular weight excluding hydrogens is 296 g/mol. The Hall–Kier alpha value is -2.83. The minimum Gasteiger partial charge on any atom is -0.493 e. The van der Waals surface area contributed by atoms with E-state index in [0.29, 0.717) is 36.4 Å². The minimum absolute atomic E-state index is 0.461. The Morgan fingerprint density at radius 1 is 1.13 bits per heavy atom. The van der Waals surface area contributed by atoms with Gasteiger partial charge >= 0.3 is 0 Å². The zero-order valence-electron chi connectivity index (χ0n) is 13.3. The maximum absolute atomic E-state index is 5.59. The highest BCUT2D eigenvalue weighted by Crippen LogP contribution is 2.39. The first-order valence-corrected chi connectivity index (χ1v) is 7.24. The molecule has 0 unspecified atom stereocenters. The van der Waals surface area contributed by atoms with E-state index in [2.05, 4.69) is 20.5 Å². The van der Waals surface area contributed by atoms with Crippen LogP contribution in [0, 0.1) is 13.8 Å². The number of rotatable bonds is 4. The van der Waals surface area contributed by atoms with Crippen LogP contribution in [0.1, 0.15) is 17.0 Å². The van der Waals surface area contributed by atoms with Gasteiger partial charge in [0.1, 0.15) is 13.2 Å². The van der Waals surface area contributed by atoms with Crippen LogP contribution in [0.15, 0.2) is 23.3 Å². The third-order valence-corrected chi connectivity index (χ3v) is 3.21. The third kappa shape index (κ3) is 3.50. The highest BCUT2D eigenvalue weighted by atomic mass is 16.6. The largest absolute Gasteiger partial charge is 0.493 e. The van der Waals surface area contributed by atoms with Crippen molar-refractivity contribution in [3.8, 4) is 17.2 Å². The molecule has 0 spiro atoms. The average molecular weight is 314 g/mol. The fourth-order valence-corrected chi connectivity index (χ4v) is 2.31. The maximum atomic E-state index is 5.59. The Morgan fingerprint density at radius 2 is 1.87 bits per heavy atom. The summed E-state index contributed by atoms with van der Waals surface area (Å²) in [4.78, 5) is 8.53. The van der Waals surface area contributed by atoms with Crippen molar-refractivity contribution in [3.05, 3.63) is 35.2 Å². The van der Waals surface area contributed by atoms with Crippen molar-refractivity contribution >= 4 is 12.2 Å². The van der Waals surface area contributed by atoms with Crippen LogP contribution in [0.25, 0.3) is 0 Å². The topological polar surface area (TPSA) is 77.9 Å². The van der Waals surface area contributed by atoms with Crippen LogP contribution >= 0.6 is 0 Å². The number of aryl methyl sites for hydroxylation is 2. The van der Waals surface area contributed by atoms with Crippen LogP contribution in [0.4, 0.5) is 5.95 Å². The molecule has 23 heavy (non-hydrogen) atoms. The Labute approximate surface area is 134 Å². The lowest BCUT2D eigenvalue weighted by atomic mass is 10.2. The van der Waals surface area contributed by atoms with E-state index < -0.39 is 0 Å². The predicted octanol–water partition coefficient (Wildman–Crippen LogP) is 2.32. The van der Waals surface area contributed by atoms with E-state index in [1.807, 2.05) is 32.0 Å². The van der Waals surface area contributed by atoms with E-state index >= 15 is 0 Å². The summed E-state index contributed by atoms with van der Waals surface area (Å²) >= 11 is 0. The SMILES string of the molecule is COc1cc(/C=N\Nc2nc(C)cc(C)n2)cc2c1OCCO2. The van der Waals surface area contributed by atoms with Gasteiger partial charge in [-0.25, -0.2) is 15.4 Å². The summed E-state index contributed by atoms with van der Waals surface area (Å²) < 4.78 is 16.5. The van der Waals surface area contributed by atoms with Gasteiger partial charge in [0.15, 0.2) is 11.5 Å². The second-order valence-electron chi connectivity index (χ2n) is 5.09. The molecule has 2 heterocycles. The van der Waals surface area contributed by atoms with Crippen LogP contribution in [-0.2, 0) is 0 Å². The van der Waals surface area contributed by atoms with Gasteiger partial charge < -0.3 is 14.2 Å². The molecule has 0 fully saturated rings. The van der Waals surface area contributed by atoms with Crippen molar-refractivity contribution in [2.75, 3.05) is 25.7 Å². The smallest absolute Gasteiger partial charge is 0.243 e. The van der Waals surface area contributed by atoms with Gasteiger partial charge in [0.25, 0.3) is 0 Å². The van der Waals surface area contributed by atoms with Gasteiger partial charge in [-0.15, -0.1) is 0 Å². The van der Waals surface area contributed by atoms with Crippen LogP contribution in [0.2, 0.25) is 0 Å². The van der Waals surface area contributed by atoms with Gasteiger partial charge in [-0.2, -0.15) is 5.10 Å². The van der Waals surface area contributed by atoms with E-state index in [1.54, 1.807) is 13.3 Å². The van der Waals surface area contributed by atoms with E-state index in [9.17, 15) is 0 Å². The number of benzene rings is 1. The summed E-state index contributed by atoms with van der Waals surface area (Å²) in [5, 5.41) is 4.17. The summed E-state index contributed by atoms with van der Waals surface area (Å²) in [7, 11) is 1.59. The molecule has 1 aliphatic rings. The van der Waals surface area contributed by atoms with Crippen molar-refractivity contribution in [1.82, 2.24) is 9.97 Å². The number of hydrazone groups is 1. The monoisotopic (exact) mass is 314 g/mol. The lowest BCUT2D eigenvalue weighted by Gasteiger charge is -2.20. The first-order valence-electron chi connectivity index (χ1n) is 7.24. The molecular formula is C16H18N4O3. The van der Waals surface area contributed by atoms with Gasteiger partial charge in [-0.05, 0) is 32.0 Å². The van der Waals surface area contributed by atoms with Crippen molar-refractivity contribution < 1.29 is 14.2 Å². The van der Waals surface area contributed by atoms with Gasteiger partial charge in [0.2, 0.25) is 11.7 Å². The molecule has 0 atom stereocenters. The molecule has 120 valence electrons. The van der Waals surface area contributed by atoms with Crippen LogP contribution in [0.3, 0.4) is 0 Å². The van der Waals surface area contributed by atoms with E-state index in [1.165, 1.54) is 0 Å². The van der Waals surface area contributed by atoms with Gasteiger partial charge in [-0.1, -0.05) is 0 Å². The zero-order chi connectivity index (χ0) is 16.2. The number of hydrogen-bond donors (Lipinski definition) is 1. The van der Waals surface area contributed by atoms with Crippen LogP contribution < -0.4 is 19.6 Å². The molecule has 1 aromatic carbocycles. The lowest BCUT2D eigenvalue weighted by Crippen LogP contribution is -2.16. The highest BCUT2D eigenvalue weighted by Gasteiger charge is 2.17. The molecule has 0 radical (unpaired) electrons. The predicted molar refractivity (Wildman–Crippen MR) is 86.7 cm³/mol. The number of nitrogens with one attached hydrogen (secondary N) is 1. The molecule has 7 nitrogen and oxygen atoms in total. The number of ether oxygens (including phenoxy) is 3. The summed E-state index contributed by atoms with van der Waals surface area (Å²) in [6, 6.07) is 5.59. The summed E-state index contributed by atoms with van der Waals surface area (Å²) in [6.45, 7) is 4.86. The number of nitrogens with zero attached hydrogens (tertiary/aromatic N) is 3. The Balaban J connectivity index is 1.79. The standard InChI is InChI=1S/C16H18N4O3/c1-10-6-11(2)19-16(18-10)20-17-9-12-7-13(21-3)15-14(8-12)22-4-5-23-15/h6-9H,4-5H2,1-3H3,(H,18,19,20)/b17-9-. The molecule has 7 heteroatoms. The van der Waals surface area contributed by atoms with E-state index in [4.69, 9.17) is 14.2 Å². The summed E-state index contributed by atoms with van der Waals surface area (Å²) in [5.74, 6) is 2.36. The molecule has 1 N–H and O–H groups in total. The molecule has 0 saturated heterocycles. The zero-order valence-corrected chi connectivity index (χ0v) is 13.3. The second-order valence-corrected chi connectivity index (χ2v) is 5.09. The normalized spacial score (nSPS) is 13.2. The molecule has 1 aliphatic heterocycles. The van der Waals surface area contributed by atoms with Crippen LogP contribution in [-0.4, -0.2) is 36.5 Å². The molecule has 0 amide bonds. The van der Waals surface area contributed by atoms with Gasteiger partial charge in [-0.3, -0.25) is 0 Å². The molecule has 2 aromatic rings. The fraction of sp³-hybridized carbons (Fsp3) is 0.312. The third-order valence-electron chi connectivity index (χ3n) is 3.21. The maximum Gasteiger partial charge on any atom is 0.243 e. The quantitative estimate of drug-likeness (QED) is 0.689. The highest BCUT2D eigenvalue weighted by molar-refractivity contribution is 5.83. The van der Waals surface area contributed by atoms with Gasteiger partial charge in [0, 0.05) is 17.0 Å². The Morgan fingerprint density at radius 3 is 2.61 bits per heavy atom. The van der Waals surface area contributed by atoms with Gasteiger partial charge in [0.05, 0.1) is 13.3 Å². The van der Waals surface area contributed by atoms with Crippen molar-refractivity contribution in [2.45, 2.75) is 13.8 Å². The first-order chi connectivity index (χ1) is 11.2. The number of methoxy groups -OCH3 is 1. The van der Waals surface area contributed by atoms with Crippen molar-refractivity contribution in [2.24, 2.45) is 5.10 Å². The molecule has 0 saturated carbocycles. The minimum atomic E-state index is 0.461. The average Bonchev–Trinajstić information content (AvgIpc) is 2.53. The number of fused-ring (bicyclic) bond motifs is 1. The summed E-state index contributed by atoms with van der Waals surface area (Å²) in [5.41, 5.74) is 5.42. The number of hydrogen-bond acceptors (Lipinski definition) is 7. The van der Waals surface area contributed by atoms with E-state index in [-0.39, 0.29) is 0 Å². The molecule has 0 bridgehead atoms. The van der Waals surface area contributed by atoms with Crippen molar-refractivity contribution in [1.29, 1.82) is 0 Å². The molecule has 3 rings (SSSR count). The molecule has 1 aromatic heterocycles. The number of anilines is 1.